The van der Waals surface area contributed by atoms with Crippen LogP contribution >= 0.6 is 0 Å². The van der Waals surface area contributed by atoms with Crippen molar-refractivity contribution in [3.05, 3.63) is 18.2 Å². The van der Waals surface area contributed by atoms with Crippen molar-refractivity contribution in [1.29, 1.82) is 0 Å². The van der Waals surface area contributed by atoms with E-state index in [0.29, 0.717) is 11.4 Å². The largest absolute Gasteiger partial charge is 0.448 e. The molecule has 5 nitrogen and oxygen atoms in total. The van der Waals surface area contributed by atoms with Crippen molar-refractivity contribution in [2.24, 2.45) is 0 Å². The molecule has 108 valence electrons. The fraction of sp³-hybridized carbons (Fsp3) is 0.533. The lowest BCUT2D eigenvalue weighted by molar-refractivity contribution is -0.0716. The van der Waals surface area contributed by atoms with Gasteiger partial charge >= 0.3 is 6.03 Å². The average molecular weight is 276 g/mol. The lowest BCUT2D eigenvalue weighted by atomic mass is 10.2. The summed E-state index contributed by atoms with van der Waals surface area (Å²) in [7, 11) is 0. The summed E-state index contributed by atoms with van der Waals surface area (Å²) in [6.45, 7) is 3.84. The molecular formula is C15H20N2O3. The number of ether oxygens (including phenoxy) is 2. The zero-order chi connectivity index (χ0) is 14.2. The van der Waals surface area contributed by atoms with Gasteiger partial charge in [0.05, 0.1) is 0 Å². The maximum absolute atomic E-state index is 11.7. The summed E-state index contributed by atoms with van der Waals surface area (Å²) >= 11 is 0. The molecule has 2 N–H and O–H groups in total. The van der Waals surface area contributed by atoms with E-state index >= 15 is 0 Å². The SMILES string of the molecule is CC(C)NC(=O)Nc1ccc2c(c1)OC1(CCCC1)O2. The molecule has 2 amide bonds. The van der Waals surface area contributed by atoms with Gasteiger partial charge in [-0.15, -0.1) is 0 Å². The highest BCUT2D eigenvalue weighted by Gasteiger charge is 2.44. The number of fused-ring (bicyclic) bond motifs is 1. The second-order valence-corrected chi connectivity index (χ2v) is 5.74. The third kappa shape index (κ3) is 2.53. The first-order valence-electron chi connectivity index (χ1n) is 7.16. The van der Waals surface area contributed by atoms with Crippen molar-refractivity contribution in [3.8, 4) is 11.5 Å². The number of hydrogen-bond donors (Lipinski definition) is 2. The predicted octanol–water partition coefficient (Wildman–Crippen LogP) is 3.26. The van der Waals surface area contributed by atoms with Crippen molar-refractivity contribution in [2.45, 2.75) is 51.4 Å². The Labute approximate surface area is 118 Å². The van der Waals surface area contributed by atoms with Gasteiger partial charge in [0.2, 0.25) is 0 Å². The molecule has 2 aliphatic rings. The van der Waals surface area contributed by atoms with Crippen LogP contribution in [-0.4, -0.2) is 17.9 Å². The van der Waals surface area contributed by atoms with E-state index in [-0.39, 0.29) is 12.1 Å². The van der Waals surface area contributed by atoms with Crippen LogP contribution in [0.3, 0.4) is 0 Å². The van der Waals surface area contributed by atoms with Crippen molar-refractivity contribution in [2.75, 3.05) is 5.32 Å². The minimum absolute atomic E-state index is 0.103. The molecule has 0 unspecified atom stereocenters. The Hall–Kier alpha value is -1.91. The summed E-state index contributed by atoms with van der Waals surface area (Å²) in [5.41, 5.74) is 0.709. The number of hydrogen-bond acceptors (Lipinski definition) is 3. The van der Waals surface area contributed by atoms with Crippen molar-refractivity contribution >= 4 is 11.7 Å². The molecule has 5 heteroatoms. The molecule has 1 spiro atoms. The minimum atomic E-state index is -0.457. The summed E-state index contributed by atoms with van der Waals surface area (Å²) in [6, 6.07) is 5.39. The van der Waals surface area contributed by atoms with Crippen LogP contribution in [0.15, 0.2) is 18.2 Å². The Kier molecular flexibility index (Phi) is 3.20. The van der Waals surface area contributed by atoms with Crippen LogP contribution in [0, 0.1) is 0 Å². The van der Waals surface area contributed by atoms with Crippen LogP contribution in [0.1, 0.15) is 39.5 Å². The summed E-state index contributed by atoms with van der Waals surface area (Å²) in [5, 5.41) is 5.58. The lowest BCUT2D eigenvalue weighted by Crippen LogP contribution is -2.34. The van der Waals surface area contributed by atoms with Gasteiger partial charge in [0.15, 0.2) is 11.5 Å². The van der Waals surface area contributed by atoms with Gasteiger partial charge in [0.25, 0.3) is 5.79 Å². The summed E-state index contributed by atoms with van der Waals surface area (Å²) < 4.78 is 11.9. The standard InChI is InChI=1S/C15H20N2O3/c1-10(2)16-14(18)17-11-5-6-12-13(9-11)20-15(19-12)7-3-4-8-15/h5-6,9-10H,3-4,7-8H2,1-2H3,(H2,16,17,18). The summed E-state index contributed by atoms with van der Waals surface area (Å²) in [6.07, 6.45) is 4.13. The van der Waals surface area contributed by atoms with Crippen LogP contribution in [0.2, 0.25) is 0 Å². The topological polar surface area (TPSA) is 59.6 Å². The predicted molar refractivity (Wildman–Crippen MR) is 76.2 cm³/mol. The van der Waals surface area contributed by atoms with E-state index in [0.717, 1.165) is 31.4 Å². The van der Waals surface area contributed by atoms with E-state index in [2.05, 4.69) is 10.6 Å². The molecule has 3 rings (SSSR count). The van der Waals surface area contributed by atoms with E-state index in [4.69, 9.17) is 9.47 Å². The molecule has 20 heavy (non-hydrogen) atoms. The average Bonchev–Trinajstić information content (AvgIpc) is 2.94. The molecule has 0 atom stereocenters. The van der Waals surface area contributed by atoms with Crippen LogP contribution in [-0.2, 0) is 0 Å². The smallest absolute Gasteiger partial charge is 0.319 e. The number of urea groups is 1. The molecule has 0 saturated heterocycles. The first-order valence-corrected chi connectivity index (χ1v) is 7.16. The lowest BCUT2D eigenvalue weighted by Gasteiger charge is -2.21. The maximum atomic E-state index is 11.7. The molecule has 1 aromatic carbocycles. The number of benzene rings is 1. The molecule has 1 aromatic rings. The summed E-state index contributed by atoms with van der Waals surface area (Å²) in [5.74, 6) is 1.03. The van der Waals surface area contributed by atoms with Gasteiger partial charge in [-0.1, -0.05) is 0 Å². The molecule has 1 saturated carbocycles. The zero-order valence-electron chi connectivity index (χ0n) is 11.9. The van der Waals surface area contributed by atoms with Gasteiger partial charge < -0.3 is 20.1 Å². The molecule has 1 heterocycles. The number of nitrogens with one attached hydrogen (secondary N) is 2. The number of carbonyl (C=O) groups is 1. The van der Waals surface area contributed by atoms with Gasteiger partial charge in [0, 0.05) is 30.6 Å². The molecule has 0 bridgehead atoms. The van der Waals surface area contributed by atoms with Gasteiger partial charge in [-0.25, -0.2) is 4.79 Å². The number of rotatable bonds is 2. The summed E-state index contributed by atoms with van der Waals surface area (Å²) in [4.78, 5) is 11.7. The molecule has 1 aliphatic heterocycles. The Bertz CT molecular complexity index is 522. The monoisotopic (exact) mass is 276 g/mol. The fourth-order valence-corrected chi connectivity index (χ4v) is 2.72. The number of amides is 2. The molecule has 1 aliphatic carbocycles. The molecule has 0 aromatic heterocycles. The van der Waals surface area contributed by atoms with E-state index in [9.17, 15) is 4.79 Å². The van der Waals surface area contributed by atoms with Crippen LogP contribution in [0.25, 0.3) is 0 Å². The molecular weight excluding hydrogens is 256 g/mol. The third-order valence-electron chi connectivity index (χ3n) is 3.58. The quantitative estimate of drug-likeness (QED) is 0.871. The third-order valence-corrected chi connectivity index (χ3v) is 3.58. The highest BCUT2D eigenvalue weighted by molar-refractivity contribution is 5.89. The maximum Gasteiger partial charge on any atom is 0.319 e. The fourth-order valence-electron chi connectivity index (χ4n) is 2.72. The number of carbonyl (C=O) groups excluding carboxylic acids is 1. The minimum Gasteiger partial charge on any atom is -0.448 e. The second kappa shape index (κ2) is 4.89. The Morgan fingerprint density at radius 2 is 1.90 bits per heavy atom. The Morgan fingerprint density at radius 1 is 1.20 bits per heavy atom. The van der Waals surface area contributed by atoms with E-state index in [1.165, 1.54) is 0 Å². The van der Waals surface area contributed by atoms with E-state index < -0.39 is 5.79 Å². The second-order valence-electron chi connectivity index (χ2n) is 5.74. The molecule has 0 radical (unpaired) electrons. The normalized spacial score (nSPS) is 18.6. The van der Waals surface area contributed by atoms with Gasteiger partial charge in [0.1, 0.15) is 0 Å². The highest BCUT2D eigenvalue weighted by atomic mass is 16.7. The van der Waals surface area contributed by atoms with Crippen LogP contribution in [0.5, 0.6) is 11.5 Å². The van der Waals surface area contributed by atoms with Crippen molar-refractivity contribution in [1.82, 2.24) is 5.32 Å². The van der Waals surface area contributed by atoms with E-state index in [1.54, 1.807) is 0 Å². The first-order chi connectivity index (χ1) is 9.56. The van der Waals surface area contributed by atoms with E-state index in [1.807, 2.05) is 32.0 Å². The first kappa shape index (κ1) is 13.1. The Morgan fingerprint density at radius 3 is 2.60 bits per heavy atom. The zero-order valence-corrected chi connectivity index (χ0v) is 11.9. The molecule has 1 fully saturated rings. The van der Waals surface area contributed by atoms with Crippen LogP contribution in [0.4, 0.5) is 10.5 Å². The van der Waals surface area contributed by atoms with Gasteiger partial charge in [-0.2, -0.15) is 0 Å². The van der Waals surface area contributed by atoms with Crippen LogP contribution < -0.4 is 20.1 Å². The van der Waals surface area contributed by atoms with Crippen molar-refractivity contribution in [3.63, 3.8) is 0 Å². The number of anilines is 1. The Balaban J connectivity index is 1.70. The highest BCUT2D eigenvalue weighted by Crippen LogP contribution is 2.47. The van der Waals surface area contributed by atoms with Crippen molar-refractivity contribution < 1.29 is 14.3 Å². The van der Waals surface area contributed by atoms with Gasteiger partial charge in [-0.3, -0.25) is 0 Å². The van der Waals surface area contributed by atoms with Gasteiger partial charge in [-0.05, 0) is 38.8 Å².